The number of para-hydroxylation sites is 2. The Bertz CT molecular complexity index is 1010. The topological polar surface area (TPSA) is 71.3 Å². The summed E-state index contributed by atoms with van der Waals surface area (Å²) in [5, 5.41) is 0. The lowest BCUT2D eigenvalue weighted by atomic mass is 10.2. The van der Waals surface area contributed by atoms with Crippen molar-refractivity contribution in [3.63, 3.8) is 0 Å². The molecule has 0 N–H and O–H groups in total. The van der Waals surface area contributed by atoms with Crippen molar-refractivity contribution in [2.24, 2.45) is 7.05 Å². The molecule has 0 atom stereocenters. The number of rotatable bonds is 2. The molecule has 1 aliphatic rings. The zero-order valence-electron chi connectivity index (χ0n) is 14.5. The number of carbonyl (C=O) groups excluding carboxylic acids is 1. The van der Waals surface area contributed by atoms with E-state index in [1.807, 2.05) is 42.5 Å². The molecular formula is C19H19N5O2. The molecule has 26 heavy (non-hydrogen) atoms. The van der Waals surface area contributed by atoms with Crippen molar-refractivity contribution in [2.75, 3.05) is 31.1 Å². The number of fused-ring (bicyclic) bond motifs is 1. The number of hydrogen-bond donors (Lipinski definition) is 0. The summed E-state index contributed by atoms with van der Waals surface area (Å²) >= 11 is 0. The minimum absolute atomic E-state index is 0.0162. The van der Waals surface area contributed by atoms with Crippen molar-refractivity contribution in [3.05, 3.63) is 64.7 Å². The quantitative estimate of drug-likeness (QED) is 0.697. The van der Waals surface area contributed by atoms with Gasteiger partial charge in [0.1, 0.15) is 5.82 Å². The molecule has 1 fully saturated rings. The molecule has 1 aromatic carbocycles. The van der Waals surface area contributed by atoms with Gasteiger partial charge in [0, 0.05) is 39.4 Å². The van der Waals surface area contributed by atoms with Gasteiger partial charge < -0.3 is 14.4 Å². The molecule has 0 spiro atoms. The standard InChI is InChI=1S/C19H19N5O2/c1-22-15-7-3-2-6-14(15)21-17(18(22)25)19(26)24-12-10-23(11-13-24)16-8-4-5-9-20-16/h2-9H,10-13H2,1H3. The Morgan fingerprint density at radius 2 is 1.73 bits per heavy atom. The number of pyridine rings is 1. The summed E-state index contributed by atoms with van der Waals surface area (Å²) in [4.78, 5) is 38.0. The first-order valence-electron chi connectivity index (χ1n) is 8.56. The molecule has 132 valence electrons. The van der Waals surface area contributed by atoms with E-state index >= 15 is 0 Å². The predicted molar refractivity (Wildman–Crippen MR) is 99.3 cm³/mol. The lowest BCUT2D eigenvalue weighted by Crippen LogP contribution is -2.50. The lowest BCUT2D eigenvalue weighted by Gasteiger charge is -2.35. The van der Waals surface area contributed by atoms with Crippen LogP contribution < -0.4 is 10.5 Å². The van der Waals surface area contributed by atoms with Crippen LogP contribution in [0.15, 0.2) is 53.5 Å². The highest BCUT2D eigenvalue weighted by molar-refractivity contribution is 5.94. The van der Waals surface area contributed by atoms with Crippen LogP contribution in [0.5, 0.6) is 0 Å². The lowest BCUT2D eigenvalue weighted by molar-refractivity contribution is 0.0738. The van der Waals surface area contributed by atoms with Crippen LogP contribution in [0.3, 0.4) is 0 Å². The molecule has 1 aliphatic heterocycles. The minimum Gasteiger partial charge on any atom is -0.353 e. The maximum atomic E-state index is 12.9. The number of carbonyl (C=O) groups is 1. The van der Waals surface area contributed by atoms with Crippen molar-refractivity contribution in [1.29, 1.82) is 0 Å². The molecular weight excluding hydrogens is 330 g/mol. The number of amides is 1. The SMILES string of the molecule is Cn1c(=O)c(C(=O)N2CCN(c3ccccn3)CC2)nc2ccccc21. The molecule has 0 radical (unpaired) electrons. The number of piperazine rings is 1. The van der Waals surface area contributed by atoms with Gasteiger partial charge in [-0.3, -0.25) is 9.59 Å². The first kappa shape index (κ1) is 16.3. The van der Waals surface area contributed by atoms with E-state index in [1.165, 1.54) is 4.57 Å². The third-order valence-corrected chi connectivity index (χ3v) is 4.73. The second kappa shape index (κ2) is 6.59. The monoisotopic (exact) mass is 349 g/mol. The van der Waals surface area contributed by atoms with Crippen molar-refractivity contribution in [1.82, 2.24) is 19.4 Å². The minimum atomic E-state index is -0.360. The summed E-state index contributed by atoms with van der Waals surface area (Å²) in [5.41, 5.74) is 0.984. The molecule has 2 aromatic heterocycles. The van der Waals surface area contributed by atoms with Crippen LogP contribution in [-0.4, -0.2) is 51.5 Å². The molecule has 4 rings (SSSR count). The van der Waals surface area contributed by atoms with Crippen LogP contribution in [0.2, 0.25) is 0 Å². The number of anilines is 1. The highest BCUT2D eigenvalue weighted by Gasteiger charge is 2.26. The summed E-state index contributed by atoms with van der Waals surface area (Å²) in [6, 6.07) is 13.1. The van der Waals surface area contributed by atoms with E-state index in [2.05, 4.69) is 14.9 Å². The zero-order chi connectivity index (χ0) is 18.1. The fourth-order valence-corrected chi connectivity index (χ4v) is 3.25. The molecule has 3 aromatic rings. The third kappa shape index (κ3) is 2.81. The molecule has 0 saturated carbocycles. The summed E-state index contributed by atoms with van der Waals surface area (Å²) in [5.74, 6) is 0.594. The van der Waals surface area contributed by atoms with E-state index < -0.39 is 0 Å². The van der Waals surface area contributed by atoms with E-state index in [4.69, 9.17) is 0 Å². The van der Waals surface area contributed by atoms with E-state index in [9.17, 15) is 9.59 Å². The van der Waals surface area contributed by atoms with E-state index in [1.54, 1.807) is 18.1 Å². The number of aryl methyl sites for hydroxylation is 1. The number of benzene rings is 1. The zero-order valence-corrected chi connectivity index (χ0v) is 14.5. The van der Waals surface area contributed by atoms with Gasteiger partial charge in [0.15, 0.2) is 5.69 Å². The largest absolute Gasteiger partial charge is 0.353 e. The van der Waals surface area contributed by atoms with Gasteiger partial charge in [-0.15, -0.1) is 0 Å². The molecule has 0 bridgehead atoms. The predicted octanol–water partition coefficient (Wildman–Crippen LogP) is 1.29. The Morgan fingerprint density at radius 1 is 1.00 bits per heavy atom. The summed E-state index contributed by atoms with van der Waals surface area (Å²) < 4.78 is 1.49. The van der Waals surface area contributed by atoms with Gasteiger partial charge in [-0.25, -0.2) is 9.97 Å². The molecule has 1 amide bonds. The van der Waals surface area contributed by atoms with Gasteiger partial charge in [0.2, 0.25) is 0 Å². The second-order valence-corrected chi connectivity index (χ2v) is 6.28. The summed E-state index contributed by atoms with van der Waals surface area (Å²) in [7, 11) is 1.67. The molecule has 0 unspecified atom stereocenters. The Balaban J connectivity index is 1.57. The maximum Gasteiger partial charge on any atom is 0.282 e. The van der Waals surface area contributed by atoms with Crippen molar-refractivity contribution in [2.45, 2.75) is 0 Å². The molecule has 3 heterocycles. The van der Waals surface area contributed by atoms with Crippen LogP contribution in [-0.2, 0) is 7.05 Å². The Morgan fingerprint density at radius 3 is 2.46 bits per heavy atom. The molecule has 7 heteroatoms. The van der Waals surface area contributed by atoms with Crippen molar-refractivity contribution < 1.29 is 4.79 Å². The highest BCUT2D eigenvalue weighted by Crippen LogP contribution is 2.14. The smallest absolute Gasteiger partial charge is 0.282 e. The number of hydrogen-bond acceptors (Lipinski definition) is 5. The molecule has 1 saturated heterocycles. The van der Waals surface area contributed by atoms with Gasteiger partial charge in [0.25, 0.3) is 11.5 Å². The molecule has 7 nitrogen and oxygen atoms in total. The Hall–Kier alpha value is -3.22. The molecule has 0 aliphatic carbocycles. The van der Waals surface area contributed by atoms with Crippen molar-refractivity contribution in [3.8, 4) is 0 Å². The van der Waals surface area contributed by atoms with E-state index in [0.717, 1.165) is 5.82 Å². The van der Waals surface area contributed by atoms with Crippen LogP contribution >= 0.6 is 0 Å². The average molecular weight is 349 g/mol. The first-order valence-corrected chi connectivity index (χ1v) is 8.56. The highest BCUT2D eigenvalue weighted by atomic mass is 16.2. The van der Waals surface area contributed by atoms with Crippen LogP contribution in [0.1, 0.15) is 10.5 Å². The van der Waals surface area contributed by atoms with Gasteiger partial charge in [-0.2, -0.15) is 0 Å². The Labute approximate surface area is 150 Å². The first-order chi connectivity index (χ1) is 12.6. The number of nitrogens with zero attached hydrogens (tertiary/aromatic N) is 5. The third-order valence-electron chi connectivity index (χ3n) is 4.73. The Kier molecular flexibility index (Phi) is 4.12. The second-order valence-electron chi connectivity index (χ2n) is 6.28. The van der Waals surface area contributed by atoms with Crippen LogP contribution in [0.25, 0.3) is 11.0 Å². The summed E-state index contributed by atoms with van der Waals surface area (Å²) in [6.07, 6.45) is 1.76. The fourth-order valence-electron chi connectivity index (χ4n) is 3.25. The maximum absolute atomic E-state index is 12.9. The van der Waals surface area contributed by atoms with E-state index in [-0.39, 0.29) is 17.2 Å². The summed E-state index contributed by atoms with van der Waals surface area (Å²) in [6.45, 7) is 2.42. The normalized spacial score (nSPS) is 14.7. The van der Waals surface area contributed by atoms with E-state index in [0.29, 0.717) is 37.2 Å². The number of aromatic nitrogens is 3. The van der Waals surface area contributed by atoms with Gasteiger partial charge in [-0.05, 0) is 24.3 Å². The van der Waals surface area contributed by atoms with Gasteiger partial charge >= 0.3 is 0 Å². The van der Waals surface area contributed by atoms with Crippen LogP contribution in [0.4, 0.5) is 5.82 Å². The van der Waals surface area contributed by atoms with Gasteiger partial charge in [-0.1, -0.05) is 18.2 Å². The fraction of sp³-hybridized carbons (Fsp3) is 0.263. The van der Waals surface area contributed by atoms with Gasteiger partial charge in [0.05, 0.1) is 11.0 Å². The average Bonchev–Trinajstić information content (AvgIpc) is 2.71. The van der Waals surface area contributed by atoms with Crippen LogP contribution in [0, 0.1) is 0 Å². The van der Waals surface area contributed by atoms with Crippen molar-refractivity contribution >= 4 is 22.8 Å².